The molecule has 0 heterocycles. The maximum Gasteiger partial charge on any atom is 0.302 e. The highest BCUT2D eigenvalue weighted by Gasteiger charge is 2.13. The van der Waals surface area contributed by atoms with Crippen LogP contribution in [0.1, 0.15) is 18.6 Å². The molecule has 0 saturated carbocycles. The standard InChI is InChI=1S/C10H11FO3/c1-8(12)13-7-10(14-11)9-5-3-2-4-6-9/h2-6,10H,7H2,1H3. The van der Waals surface area contributed by atoms with Crippen molar-refractivity contribution in [2.45, 2.75) is 13.0 Å². The lowest BCUT2D eigenvalue weighted by Crippen LogP contribution is -2.11. The summed E-state index contributed by atoms with van der Waals surface area (Å²) >= 11 is 0. The van der Waals surface area contributed by atoms with Gasteiger partial charge in [0.25, 0.3) is 0 Å². The smallest absolute Gasteiger partial charge is 0.302 e. The summed E-state index contributed by atoms with van der Waals surface area (Å²) < 4.78 is 16.7. The van der Waals surface area contributed by atoms with Crippen LogP contribution in [-0.2, 0) is 14.5 Å². The Morgan fingerprint density at radius 1 is 1.43 bits per heavy atom. The second kappa shape index (κ2) is 5.34. The third kappa shape index (κ3) is 3.14. The Morgan fingerprint density at radius 2 is 2.07 bits per heavy atom. The molecule has 0 aliphatic heterocycles. The predicted octanol–water partition coefficient (Wildman–Crippen LogP) is 2.19. The van der Waals surface area contributed by atoms with E-state index < -0.39 is 12.1 Å². The number of rotatable bonds is 4. The van der Waals surface area contributed by atoms with E-state index in [4.69, 9.17) is 0 Å². The van der Waals surface area contributed by atoms with Crippen LogP contribution in [0.25, 0.3) is 0 Å². The van der Waals surface area contributed by atoms with E-state index in [9.17, 15) is 9.32 Å². The van der Waals surface area contributed by atoms with Gasteiger partial charge in [-0.1, -0.05) is 30.3 Å². The molecule has 0 aliphatic carbocycles. The van der Waals surface area contributed by atoms with Crippen LogP contribution in [0.4, 0.5) is 4.53 Å². The van der Waals surface area contributed by atoms with Gasteiger partial charge in [0.05, 0.1) is 0 Å². The molecule has 0 aromatic heterocycles. The van der Waals surface area contributed by atoms with Gasteiger partial charge in [0.15, 0.2) is 6.10 Å². The van der Waals surface area contributed by atoms with E-state index >= 15 is 0 Å². The number of carbonyl (C=O) groups excluding carboxylic acids is 1. The Morgan fingerprint density at radius 3 is 2.57 bits per heavy atom. The van der Waals surface area contributed by atoms with E-state index in [0.717, 1.165) is 0 Å². The van der Waals surface area contributed by atoms with Gasteiger partial charge in [-0.15, -0.1) is 0 Å². The maximum atomic E-state index is 12.1. The molecule has 76 valence electrons. The third-order valence-electron chi connectivity index (χ3n) is 1.72. The average molecular weight is 198 g/mol. The van der Waals surface area contributed by atoms with Crippen LogP contribution in [0.5, 0.6) is 0 Å². The molecular weight excluding hydrogens is 187 g/mol. The van der Waals surface area contributed by atoms with Crippen LogP contribution in [0, 0.1) is 0 Å². The van der Waals surface area contributed by atoms with Gasteiger partial charge in [-0.2, -0.15) is 4.94 Å². The topological polar surface area (TPSA) is 35.5 Å². The quantitative estimate of drug-likeness (QED) is 0.695. The average Bonchev–Trinajstić information content (AvgIpc) is 2.20. The Hall–Kier alpha value is -1.42. The first-order valence-electron chi connectivity index (χ1n) is 4.19. The predicted molar refractivity (Wildman–Crippen MR) is 48.0 cm³/mol. The molecule has 0 bridgehead atoms. The summed E-state index contributed by atoms with van der Waals surface area (Å²) in [6.07, 6.45) is -0.847. The maximum absolute atomic E-state index is 12.1. The number of carbonyl (C=O) groups is 1. The van der Waals surface area contributed by atoms with Crippen LogP contribution < -0.4 is 0 Å². The summed E-state index contributed by atoms with van der Waals surface area (Å²) in [5.41, 5.74) is 0.635. The minimum atomic E-state index is -0.847. The van der Waals surface area contributed by atoms with E-state index in [2.05, 4.69) is 9.68 Å². The van der Waals surface area contributed by atoms with Crippen molar-refractivity contribution < 1.29 is 19.0 Å². The van der Waals surface area contributed by atoms with Gasteiger partial charge in [-0.25, -0.2) is 0 Å². The van der Waals surface area contributed by atoms with Crippen molar-refractivity contribution in [3.05, 3.63) is 35.9 Å². The molecule has 0 N–H and O–H groups in total. The zero-order valence-corrected chi connectivity index (χ0v) is 7.77. The molecule has 1 aromatic rings. The van der Waals surface area contributed by atoms with E-state index in [-0.39, 0.29) is 6.61 Å². The first kappa shape index (κ1) is 10.7. The molecule has 1 rings (SSSR count). The molecule has 1 aromatic carbocycles. The number of hydrogen-bond donors (Lipinski definition) is 0. The van der Waals surface area contributed by atoms with E-state index in [0.29, 0.717) is 5.56 Å². The van der Waals surface area contributed by atoms with Crippen LogP contribution in [0.2, 0.25) is 0 Å². The second-order valence-corrected chi connectivity index (χ2v) is 2.79. The van der Waals surface area contributed by atoms with Crippen molar-refractivity contribution >= 4 is 5.97 Å². The Labute approximate surface area is 81.3 Å². The van der Waals surface area contributed by atoms with Gasteiger partial charge in [0.2, 0.25) is 0 Å². The Bertz CT molecular complexity index is 287. The number of benzene rings is 1. The molecule has 0 fully saturated rings. The summed E-state index contributed by atoms with van der Waals surface area (Å²) in [7, 11) is 0. The molecule has 0 saturated heterocycles. The lowest BCUT2D eigenvalue weighted by Gasteiger charge is -2.11. The molecule has 0 radical (unpaired) electrons. The molecular formula is C10H11FO3. The van der Waals surface area contributed by atoms with Crippen LogP contribution in [0.15, 0.2) is 30.3 Å². The fourth-order valence-electron chi connectivity index (χ4n) is 1.03. The summed E-state index contributed by atoms with van der Waals surface area (Å²) in [6.45, 7) is 1.15. The van der Waals surface area contributed by atoms with E-state index in [1.807, 2.05) is 6.07 Å². The van der Waals surface area contributed by atoms with E-state index in [1.54, 1.807) is 24.3 Å². The zero-order chi connectivity index (χ0) is 10.4. The van der Waals surface area contributed by atoms with Crippen LogP contribution in [0.3, 0.4) is 0 Å². The number of ether oxygens (including phenoxy) is 1. The highest BCUT2D eigenvalue weighted by Crippen LogP contribution is 2.17. The largest absolute Gasteiger partial charge is 0.463 e. The van der Waals surface area contributed by atoms with Crippen molar-refractivity contribution in [2.24, 2.45) is 0 Å². The molecule has 4 heteroatoms. The highest BCUT2D eigenvalue weighted by molar-refractivity contribution is 5.65. The summed E-state index contributed by atoms with van der Waals surface area (Å²) in [6, 6.07) is 8.73. The minimum Gasteiger partial charge on any atom is -0.463 e. The fraction of sp³-hybridized carbons (Fsp3) is 0.300. The number of halogens is 1. The third-order valence-corrected chi connectivity index (χ3v) is 1.72. The molecule has 14 heavy (non-hydrogen) atoms. The number of esters is 1. The van der Waals surface area contributed by atoms with Gasteiger partial charge in [-0.05, 0) is 10.1 Å². The van der Waals surface area contributed by atoms with Crippen molar-refractivity contribution in [2.75, 3.05) is 6.61 Å². The first-order valence-corrected chi connectivity index (χ1v) is 4.19. The summed E-state index contributed by atoms with van der Waals surface area (Å²) in [5, 5.41) is 0. The molecule has 1 atom stereocenters. The SMILES string of the molecule is CC(=O)OCC(OF)c1ccccc1. The van der Waals surface area contributed by atoms with Crippen LogP contribution >= 0.6 is 0 Å². The Kier molecular flexibility index (Phi) is 4.07. The van der Waals surface area contributed by atoms with Crippen molar-refractivity contribution in [3.8, 4) is 0 Å². The normalized spacial score (nSPS) is 12.1. The number of hydrogen-bond acceptors (Lipinski definition) is 3. The van der Waals surface area contributed by atoms with Crippen molar-refractivity contribution in [3.63, 3.8) is 0 Å². The van der Waals surface area contributed by atoms with Gasteiger partial charge in [0, 0.05) is 6.92 Å². The first-order chi connectivity index (χ1) is 6.74. The summed E-state index contributed by atoms with van der Waals surface area (Å²) in [5.74, 6) is -0.456. The zero-order valence-electron chi connectivity index (χ0n) is 7.77. The van der Waals surface area contributed by atoms with E-state index in [1.165, 1.54) is 6.92 Å². The lowest BCUT2D eigenvalue weighted by molar-refractivity contribution is -0.199. The molecule has 0 spiro atoms. The van der Waals surface area contributed by atoms with Gasteiger partial charge in [-0.3, -0.25) is 4.79 Å². The molecule has 1 unspecified atom stereocenters. The van der Waals surface area contributed by atoms with Gasteiger partial charge in [0.1, 0.15) is 6.61 Å². The minimum absolute atomic E-state index is 0.115. The fourth-order valence-corrected chi connectivity index (χ4v) is 1.03. The van der Waals surface area contributed by atoms with Crippen molar-refractivity contribution in [1.82, 2.24) is 0 Å². The highest BCUT2D eigenvalue weighted by atomic mass is 19.3. The summed E-state index contributed by atoms with van der Waals surface area (Å²) in [4.78, 5) is 14.2. The van der Waals surface area contributed by atoms with Crippen LogP contribution in [-0.4, -0.2) is 12.6 Å². The van der Waals surface area contributed by atoms with Crippen molar-refractivity contribution in [1.29, 1.82) is 0 Å². The molecule has 0 amide bonds. The second-order valence-electron chi connectivity index (χ2n) is 2.79. The molecule has 3 nitrogen and oxygen atoms in total. The monoisotopic (exact) mass is 198 g/mol. The molecule has 0 aliphatic rings. The van der Waals surface area contributed by atoms with Gasteiger partial charge < -0.3 is 4.74 Å². The Balaban J connectivity index is 2.58. The lowest BCUT2D eigenvalue weighted by atomic mass is 10.1. The van der Waals surface area contributed by atoms with Gasteiger partial charge >= 0.3 is 5.97 Å².